The number of anilines is 1. The van der Waals surface area contributed by atoms with Crippen LogP contribution in [0.15, 0.2) is 12.1 Å². The van der Waals surface area contributed by atoms with Gasteiger partial charge in [-0.2, -0.15) is 5.10 Å². The monoisotopic (exact) mass is 276 g/mol. The van der Waals surface area contributed by atoms with Crippen molar-refractivity contribution < 1.29 is 4.74 Å². The average molecular weight is 276 g/mol. The summed E-state index contributed by atoms with van der Waals surface area (Å²) in [5.41, 5.74) is 1.01. The third-order valence-corrected chi connectivity index (χ3v) is 3.93. The Bertz CT molecular complexity index is 422. The Hall–Kier alpha value is -1.20. The van der Waals surface area contributed by atoms with Crippen molar-refractivity contribution in [2.45, 2.75) is 45.4 Å². The fourth-order valence-corrected chi connectivity index (χ4v) is 2.91. The number of morpholine rings is 1. The van der Waals surface area contributed by atoms with Crippen LogP contribution in [0.1, 0.15) is 32.4 Å². The second-order valence-corrected chi connectivity index (χ2v) is 6.27. The van der Waals surface area contributed by atoms with Crippen LogP contribution in [-0.4, -0.2) is 42.0 Å². The third kappa shape index (κ3) is 3.27. The number of hydrogen-bond acceptors (Lipinski definition) is 5. The van der Waals surface area contributed by atoms with Gasteiger partial charge in [0.05, 0.1) is 17.9 Å². The van der Waals surface area contributed by atoms with Gasteiger partial charge in [0.1, 0.15) is 0 Å². The largest absolute Gasteiger partial charge is 0.371 e. The molecule has 0 saturated carbocycles. The average Bonchev–Trinajstić information content (AvgIpc) is 2.78. The van der Waals surface area contributed by atoms with Crippen molar-refractivity contribution in [2.75, 3.05) is 24.5 Å². The Morgan fingerprint density at radius 3 is 2.60 bits per heavy atom. The summed E-state index contributed by atoms with van der Waals surface area (Å²) in [6.07, 6.45) is 3.16. The third-order valence-electron chi connectivity index (χ3n) is 3.93. The van der Waals surface area contributed by atoms with E-state index in [1.807, 2.05) is 0 Å². The van der Waals surface area contributed by atoms with Crippen molar-refractivity contribution >= 4 is 5.82 Å². The molecular formula is C15H24N4O. The van der Waals surface area contributed by atoms with Crippen LogP contribution in [0.3, 0.4) is 0 Å². The Morgan fingerprint density at radius 2 is 2.00 bits per heavy atom. The van der Waals surface area contributed by atoms with Crippen molar-refractivity contribution in [1.29, 1.82) is 0 Å². The van der Waals surface area contributed by atoms with Crippen molar-refractivity contribution in [3.8, 4) is 0 Å². The van der Waals surface area contributed by atoms with Crippen molar-refractivity contribution in [3.05, 3.63) is 17.8 Å². The molecule has 1 aromatic rings. The Kier molecular flexibility index (Phi) is 4.17. The minimum Gasteiger partial charge on any atom is -0.371 e. The van der Waals surface area contributed by atoms with Gasteiger partial charge in [0.25, 0.3) is 0 Å². The zero-order valence-electron chi connectivity index (χ0n) is 12.4. The molecule has 0 radical (unpaired) electrons. The van der Waals surface area contributed by atoms with Crippen LogP contribution in [0.2, 0.25) is 0 Å². The van der Waals surface area contributed by atoms with Crippen LogP contribution < -0.4 is 10.2 Å². The maximum absolute atomic E-state index is 5.85. The predicted octanol–water partition coefficient (Wildman–Crippen LogP) is 1.59. The highest BCUT2D eigenvalue weighted by atomic mass is 16.5. The molecule has 2 aliphatic rings. The van der Waals surface area contributed by atoms with E-state index in [0.717, 1.165) is 37.7 Å². The fraction of sp³-hybridized carbons (Fsp3) is 0.733. The molecule has 2 saturated heterocycles. The van der Waals surface area contributed by atoms with E-state index in [2.05, 4.69) is 46.4 Å². The molecule has 20 heavy (non-hydrogen) atoms. The van der Waals surface area contributed by atoms with E-state index in [0.29, 0.717) is 18.1 Å². The highest BCUT2D eigenvalue weighted by Crippen LogP contribution is 2.28. The van der Waals surface area contributed by atoms with Gasteiger partial charge in [-0.3, -0.25) is 0 Å². The number of nitrogens with zero attached hydrogens (tertiary/aromatic N) is 3. The zero-order valence-corrected chi connectivity index (χ0v) is 12.4. The van der Waals surface area contributed by atoms with Crippen LogP contribution in [0, 0.1) is 5.92 Å². The molecule has 2 bridgehead atoms. The fourth-order valence-electron chi connectivity index (χ4n) is 2.91. The summed E-state index contributed by atoms with van der Waals surface area (Å²) < 4.78 is 5.85. The lowest BCUT2D eigenvalue weighted by Gasteiger charge is -2.32. The lowest BCUT2D eigenvalue weighted by Crippen LogP contribution is -2.43. The van der Waals surface area contributed by atoms with Crippen LogP contribution in [-0.2, 0) is 11.3 Å². The van der Waals surface area contributed by atoms with Crippen LogP contribution in [0.4, 0.5) is 5.82 Å². The summed E-state index contributed by atoms with van der Waals surface area (Å²) in [4.78, 5) is 2.31. The number of ether oxygens (including phenoxy) is 1. The van der Waals surface area contributed by atoms with E-state index in [1.54, 1.807) is 0 Å². The SMILES string of the molecule is CC(C)CNCc1ccc(N2CC3CCC(C2)O3)nn1. The first-order chi connectivity index (χ1) is 9.70. The second-order valence-electron chi connectivity index (χ2n) is 6.27. The van der Waals surface area contributed by atoms with Gasteiger partial charge in [-0.15, -0.1) is 5.10 Å². The van der Waals surface area contributed by atoms with Gasteiger partial charge in [0.2, 0.25) is 0 Å². The molecule has 2 atom stereocenters. The molecule has 110 valence electrons. The first kappa shape index (κ1) is 13.8. The summed E-state index contributed by atoms with van der Waals surface area (Å²) in [6.45, 7) is 8.12. The summed E-state index contributed by atoms with van der Waals surface area (Å²) in [6, 6.07) is 4.16. The maximum atomic E-state index is 5.85. The lowest BCUT2D eigenvalue weighted by atomic mass is 10.2. The van der Waals surface area contributed by atoms with Crippen LogP contribution in [0.25, 0.3) is 0 Å². The lowest BCUT2D eigenvalue weighted by molar-refractivity contribution is 0.0301. The van der Waals surface area contributed by atoms with Crippen LogP contribution in [0.5, 0.6) is 0 Å². The van der Waals surface area contributed by atoms with E-state index in [4.69, 9.17) is 4.74 Å². The van der Waals surface area contributed by atoms with Gasteiger partial charge in [-0.25, -0.2) is 0 Å². The minimum atomic E-state index is 0.392. The van der Waals surface area contributed by atoms with Gasteiger partial charge in [-0.1, -0.05) is 13.8 Å². The van der Waals surface area contributed by atoms with Crippen molar-refractivity contribution in [2.24, 2.45) is 5.92 Å². The van der Waals surface area contributed by atoms with Gasteiger partial charge in [0, 0.05) is 19.6 Å². The van der Waals surface area contributed by atoms with Gasteiger partial charge in [0.15, 0.2) is 5.82 Å². The molecule has 2 fully saturated rings. The Labute approximate surface area is 120 Å². The molecule has 0 amide bonds. The molecule has 2 aliphatic heterocycles. The van der Waals surface area contributed by atoms with Crippen LogP contribution >= 0.6 is 0 Å². The van der Waals surface area contributed by atoms with Gasteiger partial charge in [-0.05, 0) is 37.4 Å². The Balaban J connectivity index is 1.56. The van der Waals surface area contributed by atoms with E-state index >= 15 is 0 Å². The predicted molar refractivity (Wildman–Crippen MR) is 78.7 cm³/mol. The molecule has 0 spiro atoms. The molecule has 3 heterocycles. The molecule has 0 aromatic carbocycles. The number of rotatable bonds is 5. The number of aromatic nitrogens is 2. The number of fused-ring (bicyclic) bond motifs is 2. The molecule has 1 N–H and O–H groups in total. The minimum absolute atomic E-state index is 0.392. The smallest absolute Gasteiger partial charge is 0.151 e. The highest BCUT2D eigenvalue weighted by Gasteiger charge is 2.34. The first-order valence-corrected chi connectivity index (χ1v) is 7.64. The zero-order chi connectivity index (χ0) is 13.9. The summed E-state index contributed by atoms with van der Waals surface area (Å²) in [5.74, 6) is 1.64. The molecule has 5 heteroatoms. The quantitative estimate of drug-likeness (QED) is 0.885. The standard InChI is InChI=1S/C15H24N4O/c1-11(2)7-16-8-12-3-6-15(18-17-12)19-9-13-4-5-14(10-19)20-13/h3,6,11,13-14,16H,4-5,7-10H2,1-2H3. The summed E-state index contributed by atoms with van der Waals surface area (Å²) in [7, 11) is 0. The summed E-state index contributed by atoms with van der Waals surface area (Å²) >= 11 is 0. The first-order valence-electron chi connectivity index (χ1n) is 7.64. The number of hydrogen-bond donors (Lipinski definition) is 1. The van der Waals surface area contributed by atoms with Crippen molar-refractivity contribution in [1.82, 2.24) is 15.5 Å². The molecular weight excluding hydrogens is 252 g/mol. The van der Waals surface area contributed by atoms with E-state index < -0.39 is 0 Å². The Morgan fingerprint density at radius 1 is 1.25 bits per heavy atom. The molecule has 5 nitrogen and oxygen atoms in total. The van der Waals surface area contributed by atoms with Gasteiger partial charge >= 0.3 is 0 Å². The normalized spacial score (nSPS) is 25.4. The number of nitrogens with one attached hydrogen (secondary N) is 1. The van der Waals surface area contributed by atoms with Gasteiger partial charge < -0.3 is 15.0 Å². The molecule has 3 rings (SSSR count). The van der Waals surface area contributed by atoms with E-state index in [1.165, 1.54) is 12.8 Å². The maximum Gasteiger partial charge on any atom is 0.151 e. The van der Waals surface area contributed by atoms with Crippen molar-refractivity contribution in [3.63, 3.8) is 0 Å². The summed E-state index contributed by atoms with van der Waals surface area (Å²) in [5, 5.41) is 12.1. The second kappa shape index (κ2) is 6.06. The molecule has 0 aliphatic carbocycles. The molecule has 1 aromatic heterocycles. The highest BCUT2D eigenvalue weighted by molar-refractivity contribution is 5.38. The van der Waals surface area contributed by atoms with E-state index in [-0.39, 0.29) is 0 Å². The molecule has 2 unspecified atom stereocenters. The topological polar surface area (TPSA) is 50.3 Å². The van der Waals surface area contributed by atoms with E-state index in [9.17, 15) is 0 Å².